The van der Waals surface area contributed by atoms with E-state index in [1.54, 1.807) is 0 Å². The molecule has 0 aromatic heterocycles. The number of rotatable bonds is 4. The summed E-state index contributed by atoms with van der Waals surface area (Å²) in [6.45, 7) is 1.70. The van der Waals surface area contributed by atoms with Crippen LogP contribution in [0.4, 0.5) is 4.79 Å². The van der Waals surface area contributed by atoms with E-state index in [0.29, 0.717) is 5.92 Å². The zero-order valence-electron chi connectivity index (χ0n) is 10.1. The normalized spacial score (nSPS) is 32.2. The molecule has 2 aliphatic carbocycles. The molecule has 5 nitrogen and oxygen atoms in total. The standard InChI is InChI=1S/C12H20N2O3/c1-7(14-12(17)13-6-11(15)16)10-5-8-2-3-9(10)4-8/h7-10H,2-6H2,1H3,(H,15,16)(H2,13,14,17). The summed E-state index contributed by atoms with van der Waals surface area (Å²) in [5.41, 5.74) is 0. The second-order valence-corrected chi connectivity index (χ2v) is 5.35. The first-order valence-electron chi connectivity index (χ1n) is 6.32. The third-order valence-corrected chi connectivity index (χ3v) is 4.19. The fraction of sp³-hybridized carbons (Fsp3) is 0.833. The summed E-state index contributed by atoms with van der Waals surface area (Å²) in [5, 5.41) is 13.6. The Balaban J connectivity index is 1.75. The smallest absolute Gasteiger partial charge is 0.323 e. The van der Waals surface area contributed by atoms with Crippen LogP contribution in [0.5, 0.6) is 0 Å². The van der Waals surface area contributed by atoms with E-state index in [4.69, 9.17) is 5.11 Å². The number of hydrogen-bond acceptors (Lipinski definition) is 2. The first-order valence-corrected chi connectivity index (χ1v) is 6.32. The second kappa shape index (κ2) is 4.94. The summed E-state index contributed by atoms with van der Waals surface area (Å²) in [4.78, 5) is 21.7. The van der Waals surface area contributed by atoms with Gasteiger partial charge in [-0.05, 0) is 43.9 Å². The molecule has 2 saturated carbocycles. The van der Waals surface area contributed by atoms with Crippen LogP contribution in [0, 0.1) is 17.8 Å². The monoisotopic (exact) mass is 240 g/mol. The van der Waals surface area contributed by atoms with Crippen molar-refractivity contribution in [1.29, 1.82) is 0 Å². The molecule has 2 fully saturated rings. The van der Waals surface area contributed by atoms with Crippen molar-refractivity contribution in [3.05, 3.63) is 0 Å². The van der Waals surface area contributed by atoms with Crippen LogP contribution in [0.2, 0.25) is 0 Å². The van der Waals surface area contributed by atoms with E-state index in [9.17, 15) is 9.59 Å². The van der Waals surface area contributed by atoms with Crippen LogP contribution in [-0.2, 0) is 4.79 Å². The Hall–Kier alpha value is -1.26. The predicted molar refractivity (Wildman–Crippen MR) is 62.6 cm³/mol. The Morgan fingerprint density at radius 3 is 2.65 bits per heavy atom. The SMILES string of the molecule is CC(NC(=O)NCC(=O)O)C1CC2CCC1C2. The Labute approximate surface area is 101 Å². The van der Waals surface area contributed by atoms with Gasteiger partial charge in [-0.3, -0.25) is 4.79 Å². The minimum atomic E-state index is -1.02. The van der Waals surface area contributed by atoms with Gasteiger partial charge in [-0.1, -0.05) is 6.42 Å². The highest BCUT2D eigenvalue weighted by Crippen LogP contribution is 2.49. The lowest BCUT2D eigenvalue weighted by Crippen LogP contribution is -2.46. The molecule has 2 rings (SSSR count). The van der Waals surface area contributed by atoms with Crippen molar-refractivity contribution in [3.8, 4) is 0 Å². The van der Waals surface area contributed by atoms with Crippen molar-refractivity contribution in [2.24, 2.45) is 17.8 Å². The summed E-state index contributed by atoms with van der Waals surface area (Å²) < 4.78 is 0. The van der Waals surface area contributed by atoms with Crippen molar-refractivity contribution in [2.45, 2.75) is 38.6 Å². The molecular formula is C12H20N2O3. The van der Waals surface area contributed by atoms with Gasteiger partial charge < -0.3 is 15.7 Å². The summed E-state index contributed by atoms with van der Waals surface area (Å²) in [5.74, 6) is 1.17. The first kappa shape index (κ1) is 12.2. The zero-order chi connectivity index (χ0) is 12.4. The number of carbonyl (C=O) groups is 2. The number of amides is 2. The van der Waals surface area contributed by atoms with Gasteiger partial charge in [0.05, 0.1) is 0 Å². The highest BCUT2D eigenvalue weighted by molar-refractivity contribution is 5.79. The van der Waals surface area contributed by atoms with E-state index in [1.807, 2.05) is 6.92 Å². The van der Waals surface area contributed by atoms with E-state index in [-0.39, 0.29) is 18.6 Å². The lowest BCUT2D eigenvalue weighted by atomic mass is 9.84. The molecule has 0 saturated heterocycles. The molecule has 0 spiro atoms. The average Bonchev–Trinajstić information content (AvgIpc) is 2.87. The van der Waals surface area contributed by atoms with Gasteiger partial charge >= 0.3 is 12.0 Å². The lowest BCUT2D eigenvalue weighted by Gasteiger charge is -2.28. The Morgan fingerprint density at radius 1 is 1.35 bits per heavy atom. The highest BCUT2D eigenvalue weighted by atomic mass is 16.4. The molecule has 3 N–H and O–H groups in total. The molecule has 2 amide bonds. The van der Waals surface area contributed by atoms with Crippen LogP contribution in [0.15, 0.2) is 0 Å². The van der Waals surface area contributed by atoms with Gasteiger partial charge in [0.15, 0.2) is 0 Å². The molecule has 2 aliphatic rings. The van der Waals surface area contributed by atoms with Crippen LogP contribution in [-0.4, -0.2) is 29.7 Å². The van der Waals surface area contributed by atoms with E-state index in [0.717, 1.165) is 11.8 Å². The van der Waals surface area contributed by atoms with Gasteiger partial charge in [0, 0.05) is 6.04 Å². The van der Waals surface area contributed by atoms with Crippen molar-refractivity contribution in [2.75, 3.05) is 6.54 Å². The van der Waals surface area contributed by atoms with Gasteiger partial charge in [-0.2, -0.15) is 0 Å². The van der Waals surface area contributed by atoms with Crippen molar-refractivity contribution in [3.63, 3.8) is 0 Å². The van der Waals surface area contributed by atoms with E-state index in [1.165, 1.54) is 25.7 Å². The summed E-state index contributed by atoms with van der Waals surface area (Å²) in [6.07, 6.45) is 5.16. The quantitative estimate of drug-likeness (QED) is 0.690. The summed E-state index contributed by atoms with van der Waals surface area (Å²) in [7, 11) is 0. The lowest BCUT2D eigenvalue weighted by molar-refractivity contribution is -0.135. The van der Waals surface area contributed by atoms with Crippen LogP contribution >= 0.6 is 0 Å². The maximum Gasteiger partial charge on any atom is 0.323 e. The number of aliphatic carboxylic acids is 1. The van der Waals surface area contributed by atoms with Crippen LogP contribution in [0.25, 0.3) is 0 Å². The molecule has 5 heteroatoms. The summed E-state index contributed by atoms with van der Waals surface area (Å²) in [6, 6.07) is -0.234. The third kappa shape index (κ3) is 2.90. The van der Waals surface area contributed by atoms with Crippen LogP contribution in [0.1, 0.15) is 32.6 Å². The second-order valence-electron chi connectivity index (χ2n) is 5.35. The van der Waals surface area contributed by atoms with Gasteiger partial charge in [0.25, 0.3) is 0 Å². The van der Waals surface area contributed by atoms with E-state index < -0.39 is 5.97 Å². The minimum absolute atomic E-state index is 0.138. The fourth-order valence-electron chi connectivity index (χ4n) is 3.43. The number of carboxylic acid groups (broad SMARTS) is 1. The fourth-order valence-corrected chi connectivity index (χ4v) is 3.43. The molecule has 4 atom stereocenters. The average molecular weight is 240 g/mol. The number of urea groups is 1. The Kier molecular flexibility index (Phi) is 3.54. The topological polar surface area (TPSA) is 78.4 Å². The molecule has 96 valence electrons. The number of fused-ring (bicyclic) bond motifs is 2. The first-order chi connectivity index (χ1) is 8.06. The van der Waals surface area contributed by atoms with Gasteiger partial charge in [-0.25, -0.2) is 4.79 Å². The van der Waals surface area contributed by atoms with Crippen LogP contribution in [0.3, 0.4) is 0 Å². The van der Waals surface area contributed by atoms with Crippen LogP contribution < -0.4 is 10.6 Å². The number of carbonyl (C=O) groups excluding carboxylic acids is 1. The molecule has 4 unspecified atom stereocenters. The Morgan fingerprint density at radius 2 is 2.12 bits per heavy atom. The maximum absolute atomic E-state index is 11.4. The van der Waals surface area contributed by atoms with E-state index >= 15 is 0 Å². The molecule has 0 aromatic carbocycles. The van der Waals surface area contributed by atoms with Gasteiger partial charge in [0.1, 0.15) is 6.54 Å². The maximum atomic E-state index is 11.4. The minimum Gasteiger partial charge on any atom is -0.480 e. The molecule has 0 aromatic rings. The number of carboxylic acids is 1. The van der Waals surface area contributed by atoms with E-state index in [2.05, 4.69) is 10.6 Å². The zero-order valence-corrected chi connectivity index (χ0v) is 10.1. The van der Waals surface area contributed by atoms with Gasteiger partial charge in [0.2, 0.25) is 0 Å². The van der Waals surface area contributed by atoms with Crippen molar-refractivity contribution >= 4 is 12.0 Å². The summed E-state index contributed by atoms with van der Waals surface area (Å²) >= 11 is 0. The molecule has 0 radical (unpaired) electrons. The largest absolute Gasteiger partial charge is 0.480 e. The predicted octanol–water partition coefficient (Wildman–Crippen LogP) is 1.19. The van der Waals surface area contributed by atoms with Crippen molar-refractivity contribution < 1.29 is 14.7 Å². The Bertz CT molecular complexity index is 319. The molecular weight excluding hydrogens is 220 g/mol. The molecule has 2 bridgehead atoms. The molecule has 17 heavy (non-hydrogen) atoms. The molecule has 0 heterocycles. The highest BCUT2D eigenvalue weighted by Gasteiger charge is 2.42. The van der Waals surface area contributed by atoms with Gasteiger partial charge in [-0.15, -0.1) is 0 Å². The van der Waals surface area contributed by atoms with Crippen molar-refractivity contribution in [1.82, 2.24) is 10.6 Å². The molecule has 0 aliphatic heterocycles. The number of hydrogen-bond donors (Lipinski definition) is 3. The number of nitrogens with one attached hydrogen (secondary N) is 2. The third-order valence-electron chi connectivity index (χ3n) is 4.19.